The SMILES string of the molecule is O=C1C[C@H](n2nnn(-c3ccc4c(c3)OCO4)c2=S)[C@H]2CO[C@@H]1O2. The molecule has 1 aromatic heterocycles. The number of ether oxygens (including phenoxy) is 4. The molecular formula is C14H12N4O5S. The predicted molar refractivity (Wildman–Crippen MR) is 79.6 cm³/mol. The van der Waals surface area contributed by atoms with E-state index in [1.807, 2.05) is 6.07 Å². The lowest BCUT2D eigenvalue weighted by Crippen LogP contribution is -2.37. The van der Waals surface area contributed by atoms with Crippen molar-refractivity contribution in [2.24, 2.45) is 0 Å². The third-order valence-electron chi connectivity index (χ3n) is 4.33. The second-order valence-electron chi connectivity index (χ2n) is 5.73. The van der Waals surface area contributed by atoms with Crippen LogP contribution in [0, 0.1) is 4.77 Å². The summed E-state index contributed by atoms with van der Waals surface area (Å²) >= 11 is 5.49. The topological polar surface area (TPSA) is 89.6 Å². The van der Waals surface area contributed by atoms with Crippen LogP contribution in [-0.2, 0) is 14.3 Å². The molecule has 0 spiro atoms. The van der Waals surface area contributed by atoms with Crippen molar-refractivity contribution < 1.29 is 23.7 Å². The molecule has 1 aromatic carbocycles. The number of benzene rings is 1. The smallest absolute Gasteiger partial charge is 0.231 e. The molecule has 124 valence electrons. The molecule has 2 fully saturated rings. The molecule has 5 rings (SSSR count). The Bertz CT molecular complexity index is 894. The molecule has 2 aromatic rings. The molecule has 0 unspecified atom stereocenters. The molecule has 0 N–H and O–H groups in total. The van der Waals surface area contributed by atoms with E-state index in [0.717, 1.165) is 0 Å². The lowest BCUT2D eigenvalue weighted by Gasteiger charge is -2.25. The maximum absolute atomic E-state index is 12.0. The van der Waals surface area contributed by atoms with Crippen LogP contribution in [0.2, 0.25) is 0 Å². The number of Topliss-reactive ketones (excluding diaryl/α,β-unsaturated/α-hetero) is 1. The highest BCUT2D eigenvalue weighted by molar-refractivity contribution is 7.71. The standard InChI is InChI=1S/C14H12N4O5S/c19-9-4-8(12-5-20-13(9)23-12)18-14(24)17(15-16-18)7-1-2-10-11(3-7)22-6-21-10/h1-3,8,12-13H,4-6H2/t8-,12+,13+/m0/s1. The summed E-state index contributed by atoms with van der Waals surface area (Å²) in [6, 6.07) is 5.08. The van der Waals surface area contributed by atoms with Crippen LogP contribution in [0.4, 0.5) is 0 Å². The van der Waals surface area contributed by atoms with Gasteiger partial charge in [-0.25, -0.2) is 4.68 Å². The second-order valence-corrected chi connectivity index (χ2v) is 6.10. The zero-order valence-electron chi connectivity index (χ0n) is 12.3. The lowest BCUT2D eigenvalue weighted by molar-refractivity contribution is -0.156. The van der Waals surface area contributed by atoms with E-state index in [-0.39, 0.29) is 31.1 Å². The van der Waals surface area contributed by atoms with Gasteiger partial charge >= 0.3 is 0 Å². The largest absolute Gasteiger partial charge is 0.454 e. The van der Waals surface area contributed by atoms with Crippen LogP contribution in [-0.4, -0.2) is 51.4 Å². The summed E-state index contributed by atoms with van der Waals surface area (Å²) in [7, 11) is 0. The number of fused-ring (bicyclic) bond motifs is 3. The van der Waals surface area contributed by atoms with Crippen molar-refractivity contribution in [2.75, 3.05) is 13.4 Å². The Labute approximate surface area is 140 Å². The summed E-state index contributed by atoms with van der Waals surface area (Å²) in [5, 5.41) is 8.24. The van der Waals surface area contributed by atoms with Crippen LogP contribution in [0.15, 0.2) is 18.2 Å². The number of aromatic nitrogens is 4. The molecule has 4 heterocycles. The van der Waals surface area contributed by atoms with Crippen molar-refractivity contribution in [3.8, 4) is 17.2 Å². The zero-order chi connectivity index (χ0) is 16.3. The number of ketones is 1. The number of hydrogen-bond acceptors (Lipinski definition) is 8. The quantitative estimate of drug-likeness (QED) is 0.736. The second kappa shape index (κ2) is 5.10. The average molecular weight is 348 g/mol. The van der Waals surface area contributed by atoms with Gasteiger partial charge in [-0.05, 0) is 34.8 Å². The molecule has 2 bridgehead atoms. The molecule has 0 radical (unpaired) electrons. The van der Waals surface area contributed by atoms with Crippen molar-refractivity contribution in [1.29, 1.82) is 0 Å². The molecule has 24 heavy (non-hydrogen) atoms. The molecule has 3 atom stereocenters. The Hall–Kier alpha value is -2.30. The summed E-state index contributed by atoms with van der Waals surface area (Å²) in [5.74, 6) is 1.21. The van der Waals surface area contributed by atoms with Crippen molar-refractivity contribution in [2.45, 2.75) is 24.9 Å². The molecule has 9 nitrogen and oxygen atoms in total. The fourth-order valence-corrected chi connectivity index (χ4v) is 3.43. The highest BCUT2D eigenvalue weighted by Crippen LogP contribution is 2.35. The van der Waals surface area contributed by atoms with E-state index in [1.165, 1.54) is 4.68 Å². The van der Waals surface area contributed by atoms with Gasteiger partial charge < -0.3 is 18.9 Å². The molecule has 0 amide bonds. The van der Waals surface area contributed by atoms with Gasteiger partial charge in [-0.15, -0.1) is 0 Å². The minimum absolute atomic E-state index is 0.103. The summed E-state index contributed by atoms with van der Waals surface area (Å²) < 4.78 is 25.0. The molecule has 3 aliphatic heterocycles. The Morgan fingerprint density at radius 1 is 1.21 bits per heavy atom. The number of hydrogen-bond donors (Lipinski definition) is 0. The Balaban J connectivity index is 1.52. The first-order chi connectivity index (χ1) is 11.7. The first-order valence-electron chi connectivity index (χ1n) is 7.45. The zero-order valence-corrected chi connectivity index (χ0v) is 13.1. The highest BCUT2D eigenvalue weighted by atomic mass is 32.1. The summed E-state index contributed by atoms with van der Waals surface area (Å²) in [6.07, 6.45) is -0.727. The Morgan fingerprint density at radius 3 is 3.00 bits per heavy atom. The number of rotatable bonds is 2. The van der Waals surface area contributed by atoms with Crippen LogP contribution in [0.3, 0.4) is 0 Å². The summed E-state index contributed by atoms with van der Waals surface area (Å²) in [5.41, 5.74) is 0.708. The van der Waals surface area contributed by atoms with E-state index >= 15 is 0 Å². The Kier molecular flexibility index (Phi) is 2.99. The van der Waals surface area contributed by atoms with E-state index in [9.17, 15) is 4.79 Å². The molecule has 0 saturated carbocycles. The number of nitrogens with zero attached hydrogens (tertiary/aromatic N) is 4. The van der Waals surface area contributed by atoms with Gasteiger partial charge in [0.2, 0.25) is 17.9 Å². The average Bonchev–Trinajstić information content (AvgIpc) is 3.30. The van der Waals surface area contributed by atoms with E-state index in [2.05, 4.69) is 10.4 Å². The molecule has 10 heteroatoms. The van der Waals surface area contributed by atoms with Crippen LogP contribution >= 0.6 is 12.2 Å². The van der Waals surface area contributed by atoms with Crippen LogP contribution in [0.5, 0.6) is 11.5 Å². The van der Waals surface area contributed by atoms with Gasteiger partial charge in [-0.3, -0.25) is 4.79 Å². The molecule has 3 aliphatic rings. The number of carbonyl (C=O) groups excluding carboxylic acids is 1. The van der Waals surface area contributed by atoms with Gasteiger partial charge in [-0.2, -0.15) is 4.68 Å². The van der Waals surface area contributed by atoms with Crippen molar-refractivity contribution in [1.82, 2.24) is 19.8 Å². The molecular weight excluding hydrogens is 336 g/mol. The fraction of sp³-hybridized carbons (Fsp3) is 0.429. The minimum atomic E-state index is -0.746. The summed E-state index contributed by atoms with van der Waals surface area (Å²) in [6.45, 7) is 0.543. The summed E-state index contributed by atoms with van der Waals surface area (Å²) in [4.78, 5) is 12.0. The van der Waals surface area contributed by atoms with Crippen molar-refractivity contribution >= 4 is 18.0 Å². The first-order valence-corrected chi connectivity index (χ1v) is 7.86. The van der Waals surface area contributed by atoms with E-state index < -0.39 is 6.29 Å². The van der Waals surface area contributed by atoms with Gasteiger partial charge in [0.05, 0.1) is 18.3 Å². The Morgan fingerprint density at radius 2 is 2.08 bits per heavy atom. The minimum Gasteiger partial charge on any atom is -0.454 e. The van der Waals surface area contributed by atoms with E-state index in [1.54, 1.807) is 16.8 Å². The third kappa shape index (κ3) is 2.00. The van der Waals surface area contributed by atoms with Crippen molar-refractivity contribution in [3.63, 3.8) is 0 Å². The maximum atomic E-state index is 12.0. The highest BCUT2D eigenvalue weighted by Gasteiger charge is 2.45. The van der Waals surface area contributed by atoms with E-state index in [4.69, 9.17) is 31.2 Å². The third-order valence-corrected chi connectivity index (χ3v) is 4.69. The normalized spacial score (nSPS) is 27.7. The predicted octanol–water partition coefficient (Wildman–Crippen LogP) is 0.782. The number of tetrazole rings is 1. The molecule has 0 aliphatic carbocycles. The van der Waals surface area contributed by atoms with Crippen molar-refractivity contribution in [3.05, 3.63) is 23.0 Å². The first kappa shape index (κ1) is 14.1. The van der Waals surface area contributed by atoms with Crippen LogP contribution in [0.1, 0.15) is 12.5 Å². The lowest BCUT2D eigenvalue weighted by atomic mass is 10.0. The van der Waals surface area contributed by atoms with Gasteiger partial charge in [0, 0.05) is 12.5 Å². The van der Waals surface area contributed by atoms with Gasteiger partial charge in [0.1, 0.15) is 6.10 Å². The fourth-order valence-electron chi connectivity index (χ4n) is 3.11. The van der Waals surface area contributed by atoms with Gasteiger partial charge in [0.25, 0.3) is 0 Å². The van der Waals surface area contributed by atoms with Crippen LogP contribution in [0.25, 0.3) is 5.69 Å². The molecule has 2 saturated heterocycles. The number of carbonyl (C=O) groups is 1. The van der Waals surface area contributed by atoms with Crippen LogP contribution < -0.4 is 9.47 Å². The van der Waals surface area contributed by atoms with Gasteiger partial charge in [0.15, 0.2) is 17.3 Å². The van der Waals surface area contributed by atoms with Gasteiger partial charge in [-0.1, -0.05) is 0 Å². The van der Waals surface area contributed by atoms with E-state index in [0.29, 0.717) is 28.6 Å². The maximum Gasteiger partial charge on any atom is 0.231 e. The monoisotopic (exact) mass is 348 g/mol.